The molecule has 0 saturated carbocycles. The van der Waals surface area contributed by atoms with Crippen LogP contribution in [0.5, 0.6) is 0 Å². The third-order valence-corrected chi connectivity index (χ3v) is 4.05. The summed E-state index contributed by atoms with van der Waals surface area (Å²) in [7, 11) is 1.60. The Kier molecular flexibility index (Phi) is 5.59. The zero-order valence-electron chi connectivity index (χ0n) is 12.2. The Morgan fingerprint density at radius 2 is 1.80 bits per heavy atom. The number of methoxy groups -OCH3 is 1. The maximum atomic E-state index is 12.2. The molecule has 2 amide bonds. The largest absolute Gasteiger partial charge is 0.384 e. The van der Waals surface area contributed by atoms with Gasteiger partial charge in [0, 0.05) is 39.7 Å². The summed E-state index contributed by atoms with van der Waals surface area (Å²) in [5.41, 5.74) is 0. The predicted octanol–water partition coefficient (Wildman–Crippen LogP) is 1.05. The number of hydrogen-bond donors (Lipinski definition) is 0. The number of allylic oxidation sites excluding steroid dienone is 2. The van der Waals surface area contributed by atoms with Crippen LogP contribution < -0.4 is 0 Å². The van der Waals surface area contributed by atoms with Gasteiger partial charge < -0.3 is 14.5 Å². The Labute approximate surface area is 120 Å². The molecule has 0 bridgehead atoms. The topological polar surface area (TPSA) is 49.9 Å². The van der Waals surface area contributed by atoms with E-state index in [1.807, 2.05) is 9.80 Å². The highest BCUT2D eigenvalue weighted by molar-refractivity contribution is 5.78. The summed E-state index contributed by atoms with van der Waals surface area (Å²) in [6.45, 7) is 3.08. The summed E-state index contributed by atoms with van der Waals surface area (Å²) in [6.07, 6.45) is 7.55. The molecule has 0 aromatic rings. The summed E-state index contributed by atoms with van der Waals surface area (Å²) in [5, 5.41) is 0. The highest BCUT2D eigenvalue weighted by atomic mass is 16.5. The quantitative estimate of drug-likeness (QED) is 0.707. The van der Waals surface area contributed by atoms with Crippen LogP contribution in [0.1, 0.15) is 25.7 Å². The molecular weight excluding hydrogens is 256 g/mol. The van der Waals surface area contributed by atoms with E-state index in [1.54, 1.807) is 7.11 Å². The van der Waals surface area contributed by atoms with Gasteiger partial charge in [0.15, 0.2) is 0 Å². The molecule has 2 rings (SSSR count). The Morgan fingerprint density at radius 1 is 1.15 bits per heavy atom. The van der Waals surface area contributed by atoms with Crippen molar-refractivity contribution < 1.29 is 14.3 Å². The first-order chi connectivity index (χ1) is 9.70. The summed E-state index contributed by atoms with van der Waals surface area (Å²) in [4.78, 5) is 27.7. The van der Waals surface area contributed by atoms with Gasteiger partial charge in [0.1, 0.15) is 0 Å². The monoisotopic (exact) mass is 280 g/mol. The van der Waals surface area contributed by atoms with E-state index in [2.05, 4.69) is 12.2 Å². The maximum absolute atomic E-state index is 12.2. The van der Waals surface area contributed by atoms with Crippen molar-refractivity contribution in [2.45, 2.75) is 25.7 Å². The molecule has 5 nitrogen and oxygen atoms in total. The van der Waals surface area contributed by atoms with E-state index in [0.717, 1.165) is 12.8 Å². The van der Waals surface area contributed by atoms with Crippen molar-refractivity contribution in [3.05, 3.63) is 12.2 Å². The van der Waals surface area contributed by atoms with Crippen LogP contribution in [0, 0.1) is 5.92 Å². The fraction of sp³-hybridized carbons (Fsp3) is 0.733. The third-order valence-electron chi connectivity index (χ3n) is 4.05. The number of carbonyl (C=O) groups is 2. The average Bonchev–Trinajstić information content (AvgIpc) is 2.97. The Balaban J connectivity index is 1.71. The molecule has 0 radical (unpaired) electrons. The molecule has 112 valence electrons. The van der Waals surface area contributed by atoms with Crippen molar-refractivity contribution in [2.24, 2.45) is 5.92 Å². The molecule has 1 aliphatic carbocycles. The zero-order valence-corrected chi connectivity index (χ0v) is 12.2. The molecule has 2 aliphatic rings. The van der Waals surface area contributed by atoms with Crippen LogP contribution in [0.2, 0.25) is 0 Å². The normalized spacial score (nSPS) is 22.4. The molecule has 1 heterocycles. The molecule has 0 aromatic heterocycles. The van der Waals surface area contributed by atoms with Crippen LogP contribution in [-0.4, -0.2) is 61.5 Å². The summed E-state index contributed by atoms with van der Waals surface area (Å²) in [6, 6.07) is 0. The minimum absolute atomic E-state index is 0.123. The fourth-order valence-corrected chi connectivity index (χ4v) is 2.77. The number of hydrogen-bond acceptors (Lipinski definition) is 3. The van der Waals surface area contributed by atoms with Crippen LogP contribution in [0.15, 0.2) is 12.2 Å². The molecule has 0 spiro atoms. The van der Waals surface area contributed by atoms with Crippen molar-refractivity contribution >= 4 is 11.8 Å². The maximum Gasteiger partial charge on any atom is 0.225 e. The van der Waals surface area contributed by atoms with Gasteiger partial charge in [-0.05, 0) is 18.8 Å². The van der Waals surface area contributed by atoms with Gasteiger partial charge in [-0.1, -0.05) is 12.2 Å². The standard InChI is InChI=1S/C15H24N2O3/c1-20-11-6-14(18)16-7-9-17(10-8-16)15(19)12-13-4-2-3-5-13/h2,4,13H,3,5-12H2,1H3/t13-/m0/s1. The lowest BCUT2D eigenvalue weighted by molar-refractivity contribution is -0.140. The lowest BCUT2D eigenvalue weighted by atomic mass is 10.0. The second-order valence-electron chi connectivity index (χ2n) is 5.47. The first-order valence-corrected chi connectivity index (χ1v) is 7.42. The number of carbonyl (C=O) groups excluding carboxylic acids is 2. The van der Waals surface area contributed by atoms with E-state index >= 15 is 0 Å². The van der Waals surface area contributed by atoms with Crippen LogP contribution in [0.3, 0.4) is 0 Å². The van der Waals surface area contributed by atoms with Gasteiger partial charge in [-0.2, -0.15) is 0 Å². The van der Waals surface area contributed by atoms with E-state index in [0.29, 0.717) is 51.5 Å². The molecule has 1 aliphatic heterocycles. The number of rotatable bonds is 5. The number of amides is 2. The highest BCUT2D eigenvalue weighted by Crippen LogP contribution is 2.21. The number of piperazine rings is 1. The molecule has 1 saturated heterocycles. The molecule has 0 unspecified atom stereocenters. The van der Waals surface area contributed by atoms with Gasteiger partial charge in [0.25, 0.3) is 0 Å². The smallest absolute Gasteiger partial charge is 0.225 e. The first kappa shape index (κ1) is 15.0. The summed E-state index contributed by atoms with van der Waals surface area (Å²) >= 11 is 0. The third kappa shape index (κ3) is 4.07. The Morgan fingerprint density at radius 3 is 2.35 bits per heavy atom. The van der Waals surface area contributed by atoms with Gasteiger partial charge in [-0.25, -0.2) is 0 Å². The van der Waals surface area contributed by atoms with Gasteiger partial charge in [-0.15, -0.1) is 0 Å². The van der Waals surface area contributed by atoms with Crippen molar-refractivity contribution in [2.75, 3.05) is 39.9 Å². The molecule has 1 atom stereocenters. The first-order valence-electron chi connectivity index (χ1n) is 7.42. The van der Waals surface area contributed by atoms with Crippen LogP contribution in [-0.2, 0) is 14.3 Å². The van der Waals surface area contributed by atoms with Gasteiger partial charge in [-0.3, -0.25) is 9.59 Å². The minimum Gasteiger partial charge on any atom is -0.384 e. The summed E-state index contributed by atoms with van der Waals surface area (Å²) in [5.74, 6) is 0.770. The number of nitrogens with zero attached hydrogens (tertiary/aromatic N) is 2. The van der Waals surface area contributed by atoms with Crippen LogP contribution in [0.4, 0.5) is 0 Å². The van der Waals surface area contributed by atoms with E-state index in [9.17, 15) is 9.59 Å². The van der Waals surface area contributed by atoms with Crippen molar-refractivity contribution in [3.8, 4) is 0 Å². The second kappa shape index (κ2) is 7.43. The lowest BCUT2D eigenvalue weighted by Gasteiger charge is -2.35. The molecule has 0 N–H and O–H groups in total. The SMILES string of the molecule is COCCC(=O)N1CCN(C(=O)C[C@H]2C=CCC2)CC1. The van der Waals surface area contributed by atoms with E-state index in [1.165, 1.54) is 0 Å². The van der Waals surface area contributed by atoms with Crippen molar-refractivity contribution in [1.29, 1.82) is 0 Å². The predicted molar refractivity (Wildman–Crippen MR) is 76.1 cm³/mol. The fourth-order valence-electron chi connectivity index (χ4n) is 2.77. The Hall–Kier alpha value is -1.36. The summed E-state index contributed by atoms with van der Waals surface area (Å²) < 4.78 is 4.92. The Bertz CT molecular complexity index is 373. The lowest BCUT2D eigenvalue weighted by Crippen LogP contribution is -2.50. The van der Waals surface area contributed by atoms with Gasteiger partial charge in [0.2, 0.25) is 11.8 Å². The molecular formula is C15H24N2O3. The van der Waals surface area contributed by atoms with E-state index < -0.39 is 0 Å². The van der Waals surface area contributed by atoms with Crippen molar-refractivity contribution in [3.63, 3.8) is 0 Å². The molecule has 5 heteroatoms. The molecule has 20 heavy (non-hydrogen) atoms. The average molecular weight is 280 g/mol. The van der Waals surface area contributed by atoms with Crippen molar-refractivity contribution in [1.82, 2.24) is 9.80 Å². The van der Waals surface area contributed by atoms with Crippen LogP contribution >= 0.6 is 0 Å². The second-order valence-corrected chi connectivity index (χ2v) is 5.47. The molecule has 0 aromatic carbocycles. The van der Waals surface area contributed by atoms with Gasteiger partial charge in [0.05, 0.1) is 13.0 Å². The zero-order chi connectivity index (χ0) is 14.4. The van der Waals surface area contributed by atoms with E-state index in [4.69, 9.17) is 4.74 Å². The van der Waals surface area contributed by atoms with E-state index in [-0.39, 0.29) is 11.8 Å². The molecule has 1 fully saturated rings. The minimum atomic E-state index is 0.123. The highest BCUT2D eigenvalue weighted by Gasteiger charge is 2.25. The number of ether oxygens (including phenoxy) is 1. The van der Waals surface area contributed by atoms with Gasteiger partial charge >= 0.3 is 0 Å². The van der Waals surface area contributed by atoms with Crippen LogP contribution in [0.25, 0.3) is 0 Å².